The minimum absolute atomic E-state index is 0.532. The van der Waals surface area contributed by atoms with Crippen molar-refractivity contribution in [3.63, 3.8) is 0 Å². The SMILES string of the molecule is [C-]#[N+]c1ccnc(-c2ccc(-c3c4ccccc4c(-c4ccc(-c5cc(C#N)ccn5)nc4)c4cc5sc6ccccc6c5cc34)cn2)c1. The molecule has 0 unspecified atom stereocenters. The van der Waals surface area contributed by atoms with E-state index in [2.05, 4.69) is 93.7 Å². The van der Waals surface area contributed by atoms with Crippen LogP contribution >= 0.6 is 11.3 Å². The molecule has 0 spiro atoms. The number of nitrogens with zero attached hydrogens (tertiary/aromatic N) is 6. The molecule has 0 N–H and O–H groups in total. The number of hydrogen-bond donors (Lipinski definition) is 0. The van der Waals surface area contributed by atoms with Gasteiger partial charge in [-0.3, -0.25) is 19.9 Å². The van der Waals surface area contributed by atoms with Crippen molar-refractivity contribution in [3.05, 3.63) is 151 Å². The average molecular weight is 643 g/mol. The fourth-order valence-electron chi connectivity index (χ4n) is 6.67. The third-order valence-corrected chi connectivity index (χ3v) is 10.0. The van der Waals surface area contributed by atoms with E-state index in [4.69, 9.17) is 16.5 Å². The highest BCUT2D eigenvalue weighted by Crippen LogP contribution is 2.47. The molecule has 49 heavy (non-hydrogen) atoms. The molecule has 0 aliphatic carbocycles. The van der Waals surface area contributed by atoms with Crippen molar-refractivity contribution in [3.8, 4) is 51.1 Å². The number of pyridine rings is 4. The van der Waals surface area contributed by atoms with Crippen LogP contribution in [0.1, 0.15) is 5.56 Å². The quantitative estimate of drug-likeness (QED) is 0.141. The van der Waals surface area contributed by atoms with Crippen LogP contribution in [0, 0.1) is 17.9 Å². The maximum absolute atomic E-state index is 9.40. The monoisotopic (exact) mass is 642 g/mol. The first kappa shape index (κ1) is 28.4. The molecule has 0 saturated carbocycles. The van der Waals surface area contributed by atoms with Crippen LogP contribution in [0.4, 0.5) is 5.69 Å². The van der Waals surface area contributed by atoms with Gasteiger partial charge in [-0.25, -0.2) is 4.85 Å². The fourth-order valence-corrected chi connectivity index (χ4v) is 7.80. The van der Waals surface area contributed by atoms with Crippen molar-refractivity contribution in [2.24, 2.45) is 0 Å². The zero-order valence-corrected chi connectivity index (χ0v) is 26.6. The van der Waals surface area contributed by atoms with Crippen molar-refractivity contribution < 1.29 is 0 Å². The van der Waals surface area contributed by atoms with E-state index in [1.54, 1.807) is 48.0 Å². The van der Waals surface area contributed by atoms with Gasteiger partial charge in [0.15, 0.2) is 5.69 Å². The van der Waals surface area contributed by atoms with Crippen LogP contribution in [0.25, 0.3) is 91.6 Å². The van der Waals surface area contributed by atoms with Gasteiger partial charge >= 0.3 is 0 Å². The number of aromatic nitrogens is 4. The molecule has 0 aliphatic rings. The van der Waals surface area contributed by atoms with E-state index in [1.807, 2.05) is 24.5 Å². The number of fused-ring (bicyclic) bond motifs is 5. The van der Waals surface area contributed by atoms with E-state index in [0.717, 1.165) is 43.8 Å². The number of hydrogen-bond acceptors (Lipinski definition) is 6. The maximum Gasteiger partial charge on any atom is 0.190 e. The first-order valence-electron chi connectivity index (χ1n) is 15.6. The fraction of sp³-hybridized carbons (Fsp3) is 0. The average Bonchev–Trinajstić information content (AvgIpc) is 3.54. The summed E-state index contributed by atoms with van der Waals surface area (Å²) in [5, 5.41) is 16.3. The van der Waals surface area contributed by atoms with Gasteiger partial charge in [0.25, 0.3) is 0 Å². The predicted molar refractivity (Wildman–Crippen MR) is 198 cm³/mol. The van der Waals surface area contributed by atoms with Gasteiger partial charge in [-0.1, -0.05) is 54.6 Å². The molecule has 0 amide bonds. The van der Waals surface area contributed by atoms with E-state index in [9.17, 15) is 5.26 Å². The molecular formula is C42H22N6S. The second-order valence-electron chi connectivity index (χ2n) is 11.7. The third kappa shape index (κ3) is 4.77. The molecule has 9 aromatic rings. The van der Waals surface area contributed by atoms with Gasteiger partial charge < -0.3 is 0 Å². The molecule has 5 aromatic heterocycles. The van der Waals surface area contributed by atoms with Crippen LogP contribution in [-0.2, 0) is 0 Å². The molecule has 0 fully saturated rings. The Labute approximate surface area is 285 Å². The topological polar surface area (TPSA) is 79.7 Å². The van der Waals surface area contributed by atoms with Crippen molar-refractivity contribution in [1.82, 2.24) is 19.9 Å². The van der Waals surface area contributed by atoms with Gasteiger partial charge in [-0.2, -0.15) is 5.26 Å². The van der Waals surface area contributed by atoms with Gasteiger partial charge in [-0.15, -0.1) is 11.3 Å². The Morgan fingerprint density at radius 1 is 0.531 bits per heavy atom. The molecule has 226 valence electrons. The second-order valence-corrected chi connectivity index (χ2v) is 12.8. The molecule has 6 nitrogen and oxygen atoms in total. The van der Waals surface area contributed by atoms with Crippen LogP contribution < -0.4 is 0 Å². The van der Waals surface area contributed by atoms with Gasteiger partial charge in [-0.05, 0) is 87.3 Å². The Kier molecular flexibility index (Phi) is 6.65. The Morgan fingerprint density at radius 3 is 1.78 bits per heavy atom. The Hall–Kier alpha value is -6.80. The van der Waals surface area contributed by atoms with Gasteiger partial charge in [0.2, 0.25) is 0 Å². The van der Waals surface area contributed by atoms with E-state index < -0.39 is 0 Å². The molecule has 0 aliphatic heterocycles. The van der Waals surface area contributed by atoms with Crippen LogP contribution in [0.2, 0.25) is 0 Å². The summed E-state index contributed by atoms with van der Waals surface area (Å²) in [6, 6.07) is 39.0. The summed E-state index contributed by atoms with van der Waals surface area (Å²) in [7, 11) is 0. The largest absolute Gasteiger partial charge is 0.257 e. The van der Waals surface area contributed by atoms with Crippen molar-refractivity contribution >= 4 is 58.7 Å². The zero-order valence-electron chi connectivity index (χ0n) is 25.8. The second kappa shape index (κ2) is 11.5. The lowest BCUT2D eigenvalue weighted by molar-refractivity contribution is 1.24. The lowest BCUT2D eigenvalue weighted by Gasteiger charge is -2.18. The summed E-state index contributed by atoms with van der Waals surface area (Å²) in [5.41, 5.74) is 8.04. The first-order valence-corrected chi connectivity index (χ1v) is 16.4. The molecule has 0 radical (unpaired) electrons. The summed E-state index contributed by atoms with van der Waals surface area (Å²) in [5.74, 6) is 0. The summed E-state index contributed by atoms with van der Waals surface area (Å²) >= 11 is 1.80. The highest BCUT2D eigenvalue weighted by atomic mass is 32.1. The Bertz CT molecular complexity index is 2840. The van der Waals surface area contributed by atoms with Gasteiger partial charge in [0.05, 0.1) is 41.0 Å². The van der Waals surface area contributed by atoms with Crippen molar-refractivity contribution in [2.45, 2.75) is 0 Å². The normalized spacial score (nSPS) is 11.2. The molecular weight excluding hydrogens is 621 g/mol. The van der Waals surface area contributed by atoms with E-state index in [1.165, 1.54) is 20.2 Å². The summed E-state index contributed by atoms with van der Waals surface area (Å²) in [6.45, 7) is 7.40. The first-order chi connectivity index (χ1) is 24.2. The van der Waals surface area contributed by atoms with Gasteiger partial charge in [0, 0.05) is 56.1 Å². The molecule has 4 aromatic carbocycles. The highest BCUT2D eigenvalue weighted by molar-refractivity contribution is 7.25. The van der Waals surface area contributed by atoms with Crippen LogP contribution in [-0.4, -0.2) is 19.9 Å². The summed E-state index contributed by atoms with van der Waals surface area (Å²) < 4.78 is 2.47. The lowest BCUT2D eigenvalue weighted by Crippen LogP contribution is -1.94. The predicted octanol–water partition coefficient (Wildman–Crippen LogP) is 11.0. The summed E-state index contributed by atoms with van der Waals surface area (Å²) in [4.78, 5) is 22.2. The number of benzene rings is 4. The van der Waals surface area contributed by atoms with Crippen LogP contribution in [0.3, 0.4) is 0 Å². The van der Waals surface area contributed by atoms with Gasteiger partial charge in [0.1, 0.15) is 0 Å². The molecule has 7 heteroatoms. The molecule has 5 heterocycles. The maximum atomic E-state index is 9.40. The van der Waals surface area contributed by atoms with E-state index in [-0.39, 0.29) is 0 Å². The van der Waals surface area contributed by atoms with E-state index in [0.29, 0.717) is 34.0 Å². The minimum atomic E-state index is 0.532. The minimum Gasteiger partial charge on any atom is -0.257 e. The van der Waals surface area contributed by atoms with Crippen LogP contribution in [0.15, 0.2) is 134 Å². The lowest BCUT2D eigenvalue weighted by atomic mass is 9.86. The highest BCUT2D eigenvalue weighted by Gasteiger charge is 2.20. The molecule has 0 saturated heterocycles. The molecule has 9 rings (SSSR count). The molecule has 0 bridgehead atoms. The standard InChI is InChI=1S/C42H22N6S/c1-44-28-15-17-46-38(19-28)36-13-11-26(23-48-36)41-30-7-2-3-8-31(30)42(27-10-12-35(47-24-27)37-18-25(22-43)14-16-45-37)34-21-40-32(20-33(34)41)29-6-4-5-9-39(29)49-40/h2-21,23-24H. The van der Waals surface area contributed by atoms with Crippen LogP contribution in [0.5, 0.6) is 0 Å². The Balaban J connectivity index is 1.31. The third-order valence-electron chi connectivity index (χ3n) is 8.91. The summed E-state index contributed by atoms with van der Waals surface area (Å²) in [6.07, 6.45) is 7.11. The van der Waals surface area contributed by atoms with Crippen molar-refractivity contribution in [1.29, 1.82) is 5.26 Å². The smallest absolute Gasteiger partial charge is 0.190 e. The molecule has 0 atom stereocenters. The Morgan fingerprint density at radius 2 is 1.14 bits per heavy atom. The van der Waals surface area contributed by atoms with E-state index >= 15 is 0 Å². The number of thiophene rings is 1. The zero-order chi connectivity index (χ0) is 32.9. The number of nitriles is 1. The van der Waals surface area contributed by atoms with Crippen molar-refractivity contribution in [2.75, 3.05) is 0 Å². The number of rotatable bonds is 4.